The maximum atomic E-state index is 12.8. The van der Waals surface area contributed by atoms with E-state index in [2.05, 4.69) is 6.07 Å². The number of rotatable bonds is 2. The lowest BCUT2D eigenvalue weighted by Gasteiger charge is -2.05. The van der Waals surface area contributed by atoms with E-state index in [9.17, 15) is 4.39 Å². The van der Waals surface area contributed by atoms with E-state index in [4.69, 9.17) is 5.26 Å². The van der Waals surface area contributed by atoms with E-state index in [1.165, 1.54) is 12.1 Å². The van der Waals surface area contributed by atoms with E-state index < -0.39 is 0 Å². The first kappa shape index (κ1) is 11.7. The van der Waals surface area contributed by atoms with E-state index >= 15 is 0 Å². The average molecular weight is 243 g/mol. The van der Waals surface area contributed by atoms with E-state index in [1.54, 1.807) is 30.0 Å². The second-order valence-corrected chi connectivity index (χ2v) is 4.76. The first-order valence-corrected chi connectivity index (χ1v) is 5.95. The van der Waals surface area contributed by atoms with Crippen LogP contribution >= 0.6 is 11.8 Å². The molecule has 0 aliphatic rings. The number of halogens is 1. The van der Waals surface area contributed by atoms with Gasteiger partial charge >= 0.3 is 0 Å². The zero-order valence-electron chi connectivity index (χ0n) is 9.27. The van der Waals surface area contributed by atoms with Crippen molar-refractivity contribution in [2.45, 2.75) is 16.7 Å². The average Bonchev–Trinajstić information content (AvgIpc) is 2.34. The molecule has 0 radical (unpaired) electrons. The largest absolute Gasteiger partial charge is 0.207 e. The molecule has 0 saturated heterocycles. The van der Waals surface area contributed by atoms with Crippen LogP contribution in [0.5, 0.6) is 0 Å². The molecule has 2 rings (SSSR count). The molecule has 3 heteroatoms. The van der Waals surface area contributed by atoms with Crippen LogP contribution < -0.4 is 0 Å². The molecule has 0 aliphatic heterocycles. The lowest BCUT2D eigenvalue weighted by Crippen LogP contribution is -1.83. The highest BCUT2D eigenvalue weighted by atomic mass is 32.2. The predicted octanol–water partition coefficient (Wildman–Crippen LogP) is 4.16. The van der Waals surface area contributed by atoms with E-state index in [1.807, 2.05) is 19.1 Å². The Bertz CT molecular complexity index is 570. The standard InChI is InChI=1S/C14H10FNS/c1-10-8-11(9-16)2-7-14(10)17-13-5-3-12(15)4-6-13/h2-8H,1H3. The number of hydrogen-bond donors (Lipinski definition) is 0. The van der Waals surface area contributed by atoms with Crippen molar-refractivity contribution >= 4 is 11.8 Å². The van der Waals surface area contributed by atoms with Crippen molar-refractivity contribution in [1.82, 2.24) is 0 Å². The van der Waals surface area contributed by atoms with Gasteiger partial charge in [-0.2, -0.15) is 5.26 Å². The molecule has 0 spiro atoms. The molecule has 0 heterocycles. The Morgan fingerprint density at radius 1 is 1.12 bits per heavy atom. The Balaban J connectivity index is 2.25. The van der Waals surface area contributed by atoms with Gasteiger partial charge in [0.05, 0.1) is 11.6 Å². The molecular weight excluding hydrogens is 233 g/mol. The Morgan fingerprint density at radius 3 is 2.41 bits per heavy atom. The Kier molecular flexibility index (Phi) is 3.46. The summed E-state index contributed by atoms with van der Waals surface area (Å²) in [5.41, 5.74) is 1.71. The van der Waals surface area contributed by atoms with Crippen molar-refractivity contribution in [1.29, 1.82) is 5.26 Å². The van der Waals surface area contributed by atoms with Crippen LogP contribution in [0.1, 0.15) is 11.1 Å². The lowest BCUT2D eigenvalue weighted by atomic mass is 10.2. The fourth-order valence-corrected chi connectivity index (χ4v) is 2.35. The lowest BCUT2D eigenvalue weighted by molar-refractivity contribution is 0.626. The summed E-state index contributed by atoms with van der Waals surface area (Å²) in [6.45, 7) is 1.96. The van der Waals surface area contributed by atoms with Gasteiger partial charge in [-0.15, -0.1) is 0 Å². The summed E-state index contributed by atoms with van der Waals surface area (Å²) in [6, 6.07) is 14.1. The Labute approximate surface area is 104 Å². The van der Waals surface area contributed by atoms with Gasteiger partial charge in [-0.3, -0.25) is 0 Å². The molecule has 0 saturated carbocycles. The van der Waals surface area contributed by atoms with Gasteiger partial charge in [0.25, 0.3) is 0 Å². The summed E-state index contributed by atoms with van der Waals surface area (Å²) in [7, 11) is 0. The Hall–Kier alpha value is -1.79. The molecule has 0 unspecified atom stereocenters. The van der Waals surface area contributed by atoms with Crippen LogP contribution in [-0.4, -0.2) is 0 Å². The second-order valence-electron chi connectivity index (χ2n) is 3.65. The SMILES string of the molecule is Cc1cc(C#N)ccc1Sc1ccc(F)cc1. The van der Waals surface area contributed by atoms with Crippen molar-refractivity contribution in [3.8, 4) is 6.07 Å². The fraction of sp³-hybridized carbons (Fsp3) is 0.0714. The number of aryl methyl sites for hydroxylation is 1. The summed E-state index contributed by atoms with van der Waals surface area (Å²) < 4.78 is 12.8. The third kappa shape index (κ3) is 2.86. The quantitative estimate of drug-likeness (QED) is 0.790. The van der Waals surface area contributed by atoms with Crippen LogP contribution in [0.25, 0.3) is 0 Å². The van der Waals surface area contributed by atoms with Crippen molar-refractivity contribution < 1.29 is 4.39 Å². The highest BCUT2D eigenvalue weighted by Crippen LogP contribution is 2.30. The molecule has 0 fully saturated rings. The van der Waals surface area contributed by atoms with Crippen LogP contribution in [-0.2, 0) is 0 Å². The summed E-state index contributed by atoms with van der Waals surface area (Å²) in [5.74, 6) is -0.231. The summed E-state index contributed by atoms with van der Waals surface area (Å²) in [5, 5.41) is 8.77. The highest BCUT2D eigenvalue weighted by molar-refractivity contribution is 7.99. The maximum Gasteiger partial charge on any atom is 0.123 e. The van der Waals surface area contributed by atoms with Crippen molar-refractivity contribution in [2.24, 2.45) is 0 Å². The minimum atomic E-state index is -0.231. The predicted molar refractivity (Wildman–Crippen MR) is 66.4 cm³/mol. The molecule has 0 bridgehead atoms. The zero-order valence-corrected chi connectivity index (χ0v) is 10.1. The van der Waals surface area contributed by atoms with E-state index in [-0.39, 0.29) is 5.82 Å². The molecule has 0 aromatic heterocycles. The second kappa shape index (κ2) is 5.03. The third-order valence-corrected chi connectivity index (χ3v) is 3.53. The number of hydrogen-bond acceptors (Lipinski definition) is 2. The van der Waals surface area contributed by atoms with Crippen LogP contribution in [0.3, 0.4) is 0 Å². The zero-order chi connectivity index (χ0) is 12.3. The molecule has 2 aromatic rings. The molecule has 1 nitrogen and oxygen atoms in total. The Morgan fingerprint density at radius 2 is 1.82 bits per heavy atom. The number of nitrogens with zero attached hydrogens (tertiary/aromatic N) is 1. The molecular formula is C14H10FNS. The topological polar surface area (TPSA) is 23.8 Å². The van der Waals surface area contributed by atoms with Crippen molar-refractivity contribution in [3.63, 3.8) is 0 Å². The monoisotopic (exact) mass is 243 g/mol. The minimum absolute atomic E-state index is 0.231. The number of nitriles is 1. The molecule has 0 aliphatic carbocycles. The van der Waals surface area contributed by atoms with E-state index in [0.717, 1.165) is 15.4 Å². The van der Waals surface area contributed by atoms with Gasteiger partial charge in [-0.25, -0.2) is 4.39 Å². The smallest absolute Gasteiger partial charge is 0.123 e. The van der Waals surface area contributed by atoms with Gasteiger partial charge in [0.15, 0.2) is 0 Å². The molecule has 0 N–H and O–H groups in total. The van der Waals surface area contributed by atoms with Crippen LogP contribution in [0, 0.1) is 24.1 Å². The normalized spacial score (nSPS) is 9.94. The van der Waals surface area contributed by atoms with Crippen LogP contribution in [0.15, 0.2) is 52.3 Å². The van der Waals surface area contributed by atoms with E-state index in [0.29, 0.717) is 5.56 Å². The molecule has 17 heavy (non-hydrogen) atoms. The van der Waals surface area contributed by atoms with Gasteiger partial charge in [-0.1, -0.05) is 11.8 Å². The summed E-state index contributed by atoms with van der Waals surface area (Å²) in [6.07, 6.45) is 0. The third-order valence-electron chi connectivity index (χ3n) is 2.35. The van der Waals surface area contributed by atoms with Gasteiger partial charge in [-0.05, 0) is 55.0 Å². The molecule has 84 valence electrons. The molecule has 2 aromatic carbocycles. The fourth-order valence-electron chi connectivity index (χ4n) is 1.46. The van der Waals surface area contributed by atoms with Gasteiger partial charge in [0.2, 0.25) is 0 Å². The van der Waals surface area contributed by atoms with Crippen molar-refractivity contribution in [2.75, 3.05) is 0 Å². The summed E-state index contributed by atoms with van der Waals surface area (Å²) in [4.78, 5) is 2.06. The van der Waals surface area contributed by atoms with Gasteiger partial charge in [0.1, 0.15) is 5.82 Å². The van der Waals surface area contributed by atoms with Crippen LogP contribution in [0.2, 0.25) is 0 Å². The maximum absolute atomic E-state index is 12.8. The summed E-state index contributed by atoms with van der Waals surface area (Å²) >= 11 is 1.57. The van der Waals surface area contributed by atoms with Crippen LogP contribution in [0.4, 0.5) is 4.39 Å². The minimum Gasteiger partial charge on any atom is -0.207 e. The van der Waals surface area contributed by atoms with Gasteiger partial charge < -0.3 is 0 Å². The number of benzene rings is 2. The highest BCUT2D eigenvalue weighted by Gasteiger charge is 2.02. The molecule has 0 atom stereocenters. The van der Waals surface area contributed by atoms with Crippen molar-refractivity contribution in [3.05, 3.63) is 59.4 Å². The van der Waals surface area contributed by atoms with Gasteiger partial charge in [0, 0.05) is 9.79 Å². The molecule has 0 amide bonds. The first-order chi connectivity index (χ1) is 8.19. The first-order valence-electron chi connectivity index (χ1n) is 5.13.